The number of H-pyrrole nitrogens is 1. The normalized spacial score (nSPS) is 20.6. The lowest BCUT2D eigenvalue weighted by Gasteiger charge is -2.35. The monoisotopic (exact) mass is 488 g/mol. The van der Waals surface area contributed by atoms with Crippen LogP contribution in [0, 0.1) is 24.1 Å². The van der Waals surface area contributed by atoms with E-state index >= 15 is 0 Å². The summed E-state index contributed by atoms with van der Waals surface area (Å²) >= 11 is 0. The van der Waals surface area contributed by atoms with Crippen molar-refractivity contribution >= 4 is 27.8 Å². The van der Waals surface area contributed by atoms with Crippen LogP contribution in [0.3, 0.4) is 0 Å². The first-order valence-corrected chi connectivity index (χ1v) is 12.2. The number of aromatic nitrogens is 3. The number of nitrogens with zero attached hydrogens (tertiary/aromatic N) is 3. The van der Waals surface area contributed by atoms with E-state index in [-0.39, 0.29) is 31.0 Å². The van der Waals surface area contributed by atoms with Gasteiger partial charge in [-0.05, 0) is 80.0 Å². The predicted molar refractivity (Wildman–Crippen MR) is 135 cm³/mol. The van der Waals surface area contributed by atoms with E-state index < -0.39 is 17.0 Å². The number of aryl methyl sites for hydroxylation is 1. The molecule has 5 rings (SSSR count). The van der Waals surface area contributed by atoms with Crippen LogP contribution in [0.4, 0.5) is 4.39 Å². The van der Waals surface area contributed by atoms with E-state index in [9.17, 15) is 24.7 Å². The molecule has 2 aromatic carbocycles. The minimum absolute atomic E-state index is 0.0109. The number of nitriles is 1. The van der Waals surface area contributed by atoms with Gasteiger partial charge in [0.15, 0.2) is 5.60 Å². The van der Waals surface area contributed by atoms with Crippen LogP contribution in [0.1, 0.15) is 68.7 Å². The van der Waals surface area contributed by atoms with Crippen molar-refractivity contribution in [2.24, 2.45) is 0 Å². The van der Waals surface area contributed by atoms with Crippen LogP contribution in [0.2, 0.25) is 0 Å². The molecule has 36 heavy (non-hydrogen) atoms. The van der Waals surface area contributed by atoms with Crippen molar-refractivity contribution in [3.8, 4) is 11.8 Å². The third kappa shape index (κ3) is 3.75. The lowest BCUT2D eigenvalue weighted by molar-refractivity contribution is -0.162. The first-order valence-electron chi connectivity index (χ1n) is 12.2. The number of aliphatic carboxylic acids is 1. The van der Waals surface area contributed by atoms with Crippen LogP contribution >= 0.6 is 0 Å². The highest BCUT2D eigenvalue weighted by atomic mass is 19.1. The molecule has 0 bridgehead atoms. The lowest BCUT2D eigenvalue weighted by atomic mass is 9.72. The van der Waals surface area contributed by atoms with Gasteiger partial charge in [0.2, 0.25) is 0 Å². The van der Waals surface area contributed by atoms with E-state index in [1.165, 1.54) is 6.07 Å². The van der Waals surface area contributed by atoms with E-state index in [0.717, 1.165) is 38.8 Å². The Kier molecular flexibility index (Phi) is 5.64. The number of aromatic amines is 1. The fourth-order valence-electron chi connectivity index (χ4n) is 5.74. The number of nitrogens with one attached hydrogen (secondary N) is 1. The van der Waals surface area contributed by atoms with Gasteiger partial charge in [0.25, 0.3) is 0 Å². The average Bonchev–Trinajstić information content (AvgIpc) is 3.42. The van der Waals surface area contributed by atoms with Crippen LogP contribution < -0.4 is 0 Å². The third-order valence-electron chi connectivity index (χ3n) is 7.75. The summed E-state index contributed by atoms with van der Waals surface area (Å²) in [6.45, 7) is 5.79. The Labute approximate surface area is 208 Å². The molecule has 1 aliphatic rings. The lowest BCUT2D eigenvalue weighted by Crippen LogP contribution is -2.41. The topological polar surface area (TPSA) is 115 Å². The smallest absolute Gasteiger partial charge is 0.335 e. The number of aliphatic hydroxyl groups is 1. The first-order chi connectivity index (χ1) is 17.1. The molecule has 0 amide bonds. The summed E-state index contributed by atoms with van der Waals surface area (Å²) in [4.78, 5) is 11.7. The van der Waals surface area contributed by atoms with E-state index in [1.54, 1.807) is 19.2 Å². The van der Waals surface area contributed by atoms with Crippen LogP contribution in [0.15, 0.2) is 36.5 Å². The van der Waals surface area contributed by atoms with E-state index in [2.05, 4.69) is 33.0 Å². The SMILES string of the molecule is Cc1cc(-n2c(C(C)(C)CC#N)c(C3CCC(O)(C(=O)O)CC3)c3cc4[nH]ncc4cc32)ccc1F. The Bertz CT molecular complexity index is 1530. The number of fused-ring (bicyclic) bond motifs is 2. The zero-order chi connectivity index (χ0) is 25.8. The number of carboxylic acid groups (broad SMARTS) is 1. The van der Waals surface area contributed by atoms with Gasteiger partial charge in [0, 0.05) is 34.0 Å². The highest BCUT2D eigenvalue weighted by molar-refractivity contribution is 5.99. The van der Waals surface area contributed by atoms with Crippen molar-refractivity contribution in [2.45, 2.75) is 69.8 Å². The van der Waals surface area contributed by atoms with Crippen molar-refractivity contribution in [3.63, 3.8) is 0 Å². The Balaban J connectivity index is 1.83. The van der Waals surface area contributed by atoms with Crippen molar-refractivity contribution in [3.05, 3.63) is 59.2 Å². The predicted octanol–water partition coefficient (Wildman–Crippen LogP) is 5.62. The van der Waals surface area contributed by atoms with Crippen molar-refractivity contribution in [1.82, 2.24) is 14.8 Å². The molecular weight excluding hydrogens is 459 g/mol. The molecule has 4 aromatic rings. The molecule has 0 aliphatic heterocycles. The summed E-state index contributed by atoms with van der Waals surface area (Å²) < 4.78 is 16.4. The molecule has 0 atom stereocenters. The van der Waals surface area contributed by atoms with Crippen LogP contribution in [-0.2, 0) is 10.2 Å². The first kappa shape index (κ1) is 24.0. The van der Waals surface area contributed by atoms with Gasteiger partial charge in [0.1, 0.15) is 5.82 Å². The molecule has 2 heterocycles. The van der Waals surface area contributed by atoms with Crippen LogP contribution in [0.25, 0.3) is 27.5 Å². The fourth-order valence-corrected chi connectivity index (χ4v) is 5.74. The van der Waals surface area contributed by atoms with Crippen molar-refractivity contribution < 1.29 is 19.4 Å². The van der Waals surface area contributed by atoms with Gasteiger partial charge in [-0.15, -0.1) is 0 Å². The molecule has 8 heteroatoms. The summed E-state index contributed by atoms with van der Waals surface area (Å²) in [6.07, 6.45) is 3.33. The molecule has 0 radical (unpaired) electrons. The molecule has 7 nitrogen and oxygen atoms in total. The van der Waals surface area contributed by atoms with Crippen LogP contribution in [-0.4, -0.2) is 36.5 Å². The third-order valence-corrected chi connectivity index (χ3v) is 7.75. The summed E-state index contributed by atoms with van der Waals surface area (Å²) in [5.41, 5.74) is 2.84. The van der Waals surface area contributed by atoms with E-state index in [1.807, 2.05) is 19.9 Å². The van der Waals surface area contributed by atoms with E-state index in [0.29, 0.717) is 18.4 Å². The second kappa shape index (κ2) is 8.45. The Hall–Kier alpha value is -3.70. The number of benzene rings is 2. The highest BCUT2D eigenvalue weighted by Gasteiger charge is 2.43. The zero-order valence-corrected chi connectivity index (χ0v) is 20.6. The number of hydrogen-bond acceptors (Lipinski definition) is 4. The maximum atomic E-state index is 14.2. The number of carbonyl (C=O) groups is 1. The van der Waals surface area contributed by atoms with Gasteiger partial charge in [-0.1, -0.05) is 13.8 Å². The fraction of sp³-hybridized carbons (Fsp3) is 0.393. The Morgan fingerprint density at radius 1 is 1.31 bits per heavy atom. The highest BCUT2D eigenvalue weighted by Crippen LogP contribution is 2.48. The Morgan fingerprint density at radius 2 is 2.03 bits per heavy atom. The van der Waals surface area contributed by atoms with Gasteiger partial charge < -0.3 is 14.8 Å². The minimum Gasteiger partial charge on any atom is -0.479 e. The molecule has 1 aliphatic carbocycles. The zero-order valence-electron chi connectivity index (χ0n) is 20.6. The van der Waals surface area contributed by atoms with Crippen LogP contribution in [0.5, 0.6) is 0 Å². The molecule has 0 unspecified atom stereocenters. The van der Waals surface area contributed by atoms with Crippen molar-refractivity contribution in [1.29, 1.82) is 5.26 Å². The quantitative estimate of drug-likeness (QED) is 0.337. The summed E-state index contributed by atoms with van der Waals surface area (Å²) in [7, 11) is 0. The van der Waals surface area contributed by atoms with E-state index in [4.69, 9.17) is 0 Å². The maximum absolute atomic E-state index is 14.2. The Morgan fingerprint density at radius 3 is 2.67 bits per heavy atom. The molecule has 186 valence electrons. The number of rotatable bonds is 5. The van der Waals surface area contributed by atoms with Crippen molar-refractivity contribution in [2.75, 3.05) is 0 Å². The molecule has 0 spiro atoms. The largest absolute Gasteiger partial charge is 0.479 e. The maximum Gasteiger partial charge on any atom is 0.335 e. The molecule has 1 saturated carbocycles. The van der Waals surface area contributed by atoms with Gasteiger partial charge in [-0.3, -0.25) is 5.10 Å². The second-order valence-corrected chi connectivity index (χ2v) is 10.7. The summed E-state index contributed by atoms with van der Waals surface area (Å²) in [6, 6.07) is 11.5. The molecule has 1 fully saturated rings. The standard InChI is InChI=1S/C28H29FN4O3/c1-16-12-19(4-5-21(16)29)33-23-13-18-15-31-32-22(18)14-20(23)24(25(33)27(2,3)10-11-30)17-6-8-28(36,9-7-17)26(34)35/h4-5,12-15,17,36H,6-10H2,1-3H3,(H,31,32)(H,34,35). The van der Waals surface area contributed by atoms with Gasteiger partial charge in [-0.25, -0.2) is 9.18 Å². The molecule has 2 aromatic heterocycles. The molecule has 3 N–H and O–H groups in total. The van der Waals surface area contributed by atoms with Gasteiger partial charge in [0.05, 0.1) is 23.3 Å². The van der Waals surface area contributed by atoms with Gasteiger partial charge >= 0.3 is 5.97 Å². The molecule has 0 saturated heterocycles. The number of hydrogen-bond donors (Lipinski definition) is 3. The summed E-state index contributed by atoms with van der Waals surface area (Å²) in [5, 5.41) is 39.0. The number of halogens is 1. The minimum atomic E-state index is -1.72. The number of carboxylic acids is 1. The summed E-state index contributed by atoms with van der Waals surface area (Å²) in [5.74, 6) is -1.48. The van der Waals surface area contributed by atoms with Gasteiger partial charge in [-0.2, -0.15) is 10.4 Å². The average molecular weight is 489 g/mol. The molecular formula is C28H29FN4O3. The second-order valence-electron chi connectivity index (χ2n) is 10.7.